The van der Waals surface area contributed by atoms with Crippen LogP contribution in [0.2, 0.25) is 5.02 Å². The molecule has 0 heterocycles. The summed E-state index contributed by atoms with van der Waals surface area (Å²) in [5.74, 6) is -1.01. The van der Waals surface area contributed by atoms with Crippen LogP contribution in [0.1, 0.15) is 11.1 Å². The molecule has 2 nitrogen and oxygen atoms in total. The van der Waals surface area contributed by atoms with Crippen molar-refractivity contribution in [2.75, 3.05) is 0 Å². The standard InChI is InChI=1S/C10H9ClO2/c1-6-5-8(11)3-4-9(6)7(2)10(12)13/h3-5H,2H2,1H3,(H,12,13). The number of rotatable bonds is 2. The molecule has 0 aliphatic carbocycles. The number of carboxylic acids is 1. The molecule has 0 bridgehead atoms. The zero-order valence-corrected chi connectivity index (χ0v) is 7.93. The highest BCUT2D eigenvalue weighted by Gasteiger charge is 2.09. The maximum atomic E-state index is 10.6. The van der Waals surface area contributed by atoms with Crippen LogP contribution in [0.3, 0.4) is 0 Å². The molecular formula is C10H9ClO2. The maximum absolute atomic E-state index is 10.6. The van der Waals surface area contributed by atoms with Gasteiger partial charge in [0.05, 0.1) is 5.57 Å². The number of halogens is 1. The normalized spacial score (nSPS) is 9.69. The zero-order valence-electron chi connectivity index (χ0n) is 7.17. The molecule has 1 aromatic carbocycles. The van der Waals surface area contributed by atoms with Gasteiger partial charge in [-0.2, -0.15) is 0 Å². The van der Waals surface area contributed by atoms with E-state index in [9.17, 15) is 4.79 Å². The van der Waals surface area contributed by atoms with Crippen LogP contribution in [0.4, 0.5) is 0 Å². The van der Waals surface area contributed by atoms with E-state index < -0.39 is 5.97 Å². The highest BCUT2D eigenvalue weighted by molar-refractivity contribution is 6.30. The van der Waals surface area contributed by atoms with Crippen molar-refractivity contribution >= 4 is 23.1 Å². The quantitative estimate of drug-likeness (QED) is 0.739. The molecule has 0 unspecified atom stereocenters. The minimum Gasteiger partial charge on any atom is -0.478 e. The van der Waals surface area contributed by atoms with Crippen molar-refractivity contribution in [1.82, 2.24) is 0 Å². The van der Waals surface area contributed by atoms with E-state index in [-0.39, 0.29) is 5.57 Å². The Balaban J connectivity index is 3.16. The van der Waals surface area contributed by atoms with Crippen LogP contribution in [0.25, 0.3) is 5.57 Å². The summed E-state index contributed by atoms with van der Waals surface area (Å²) in [6.45, 7) is 5.27. The smallest absolute Gasteiger partial charge is 0.335 e. The third kappa shape index (κ3) is 2.10. The van der Waals surface area contributed by atoms with Crippen LogP contribution < -0.4 is 0 Å². The number of benzene rings is 1. The summed E-state index contributed by atoms with van der Waals surface area (Å²) in [6, 6.07) is 5.02. The predicted molar refractivity (Wildman–Crippen MR) is 52.9 cm³/mol. The molecule has 0 fully saturated rings. The molecule has 0 aromatic heterocycles. The summed E-state index contributed by atoms with van der Waals surface area (Å²) in [6.07, 6.45) is 0. The van der Waals surface area contributed by atoms with E-state index in [2.05, 4.69) is 6.58 Å². The second-order valence-corrected chi connectivity index (χ2v) is 3.18. The van der Waals surface area contributed by atoms with Gasteiger partial charge >= 0.3 is 5.97 Å². The molecule has 1 N–H and O–H groups in total. The van der Waals surface area contributed by atoms with Gasteiger partial charge in [-0.3, -0.25) is 0 Å². The van der Waals surface area contributed by atoms with E-state index in [1.807, 2.05) is 0 Å². The number of carbonyl (C=O) groups is 1. The van der Waals surface area contributed by atoms with Crippen LogP contribution in [0, 0.1) is 6.92 Å². The van der Waals surface area contributed by atoms with Crippen molar-refractivity contribution in [2.24, 2.45) is 0 Å². The average molecular weight is 197 g/mol. The number of hydrogen-bond donors (Lipinski definition) is 1. The molecule has 0 aliphatic heterocycles. The van der Waals surface area contributed by atoms with Crippen LogP contribution in [-0.4, -0.2) is 11.1 Å². The van der Waals surface area contributed by atoms with Crippen molar-refractivity contribution in [3.63, 3.8) is 0 Å². The number of aryl methyl sites for hydroxylation is 1. The van der Waals surface area contributed by atoms with E-state index in [1.165, 1.54) is 0 Å². The fraction of sp³-hybridized carbons (Fsp3) is 0.100. The first-order valence-corrected chi connectivity index (χ1v) is 4.09. The molecule has 0 atom stereocenters. The van der Waals surface area contributed by atoms with Gasteiger partial charge in [-0.1, -0.05) is 24.2 Å². The topological polar surface area (TPSA) is 37.3 Å². The maximum Gasteiger partial charge on any atom is 0.335 e. The van der Waals surface area contributed by atoms with Gasteiger partial charge in [-0.25, -0.2) is 4.79 Å². The van der Waals surface area contributed by atoms with E-state index in [0.29, 0.717) is 10.6 Å². The Kier molecular flexibility index (Phi) is 2.73. The van der Waals surface area contributed by atoms with E-state index >= 15 is 0 Å². The van der Waals surface area contributed by atoms with Gasteiger partial charge in [0.15, 0.2) is 0 Å². The summed E-state index contributed by atoms with van der Waals surface area (Å²) in [5.41, 5.74) is 1.53. The first kappa shape index (κ1) is 9.81. The Labute approximate surface area is 81.5 Å². The highest BCUT2D eigenvalue weighted by Crippen LogP contribution is 2.21. The van der Waals surface area contributed by atoms with Gasteiger partial charge < -0.3 is 5.11 Å². The van der Waals surface area contributed by atoms with Gasteiger partial charge in [0.2, 0.25) is 0 Å². The molecule has 0 saturated heterocycles. The minimum atomic E-state index is -1.01. The molecule has 0 aliphatic rings. The van der Waals surface area contributed by atoms with Crippen molar-refractivity contribution in [1.29, 1.82) is 0 Å². The summed E-state index contributed by atoms with van der Waals surface area (Å²) in [5, 5.41) is 9.29. The molecule has 1 aromatic rings. The van der Waals surface area contributed by atoms with Gasteiger partial charge in [0.1, 0.15) is 0 Å². The van der Waals surface area contributed by atoms with Crippen molar-refractivity contribution in [3.8, 4) is 0 Å². The van der Waals surface area contributed by atoms with Crippen LogP contribution in [0.15, 0.2) is 24.8 Å². The molecule has 13 heavy (non-hydrogen) atoms. The minimum absolute atomic E-state index is 0.0918. The lowest BCUT2D eigenvalue weighted by Crippen LogP contribution is -1.99. The van der Waals surface area contributed by atoms with E-state index in [0.717, 1.165) is 5.56 Å². The van der Waals surface area contributed by atoms with E-state index in [1.54, 1.807) is 25.1 Å². The third-order valence-corrected chi connectivity index (χ3v) is 2.01. The van der Waals surface area contributed by atoms with Gasteiger partial charge in [0, 0.05) is 5.02 Å². The Hall–Kier alpha value is -1.28. The van der Waals surface area contributed by atoms with Crippen LogP contribution in [-0.2, 0) is 4.79 Å². The Bertz CT molecular complexity index is 369. The number of aliphatic carboxylic acids is 1. The molecule has 3 heteroatoms. The predicted octanol–water partition coefficient (Wildman–Crippen LogP) is 2.75. The SMILES string of the molecule is C=C(C(=O)O)c1ccc(Cl)cc1C. The van der Waals surface area contributed by atoms with Crippen molar-refractivity contribution in [3.05, 3.63) is 40.9 Å². The van der Waals surface area contributed by atoms with E-state index in [4.69, 9.17) is 16.7 Å². The Morgan fingerprint density at radius 1 is 1.54 bits per heavy atom. The Morgan fingerprint density at radius 2 is 2.15 bits per heavy atom. The summed E-state index contributed by atoms with van der Waals surface area (Å²) < 4.78 is 0. The molecular weight excluding hydrogens is 188 g/mol. The molecule has 0 amide bonds. The zero-order chi connectivity index (χ0) is 10.0. The summed E-state index contributed by atoms with van der Waals surface area (Å²) in [7, 11) is 0. The third-order valence-electron chi connectivity index (χ3n) is 1.77. The number of hydrogen-bond acceptors (Lipinski definition) is 1. The van der Waals surface area contributed by atoms with Gasteiger partial charge in [-0.05, 0) is 30.2 Å². The Morgan fingerprint density at radius 3 is 2.62 bits per heavy atom. The average Bonchev–Trinajstić information content (AvgIpc) is 2.03. The first-order chi connectivity index (χ1) is 6.02. The second kappa shape index (κ2) is 3.62. The molecule has 0 spiro atoms. The van der Waals surface area contributed by atoms with Crippen LogP contribution in [0.5, 0.6) is 0 Å². The largest absolute Gasteiger partial charge is 0.478 e. The molecule has 1 rings (SSSR count). The molecule has 0 radical (unpaired) electrons. The summed E-state index contributed by atoms with van der Waals surface area (Å²) >= 11 is 5.72. The number of carboxylic acid groups (broad SMARTS) is 1. The fourth-order valence-corrected chi connectivity index (χ4v) is 1.31. The second-order valence-electron chi connectivity index (χ2n) is 2.74. The fourth-order valence-electron chi connectivity index (χ4n) is 1.08. The first-order valence-electron chi connectivity index (χ1n) is 3.71. The van der Waals surface area contributed by atoms with Crippen LogP contribution >= 0.6 is 11.6 Å². The van der Waals surface area contributed by atoms with Gasteiger partial charge in [0.25, 0.3) is 0 Å². The summed E-state index contributed by atoms with van der Waals surface area (Å²) in [4.78, 5) is 10.6. The monoisotopic (exact) mass is 196 g/mol. The van der Waals surface area contributed by atoms with Gasteiger partial charge in [-0.15, -0.1) is 0 Å². The lowest BCUT2D eigenvalue weighted by atomic mass is 10.0. The lowest BCUT2D eigenvalue weighted by Gasteiger charge is -2.04. The lowest BCUT2D eigenvalue weighted by molar-refractivity contribution is -0.130. The molecule has 0 saturated carbocycles. The highest BCUT2D eigenvalue weighted by atomic mass is 35.5. The molecule has 68 valence electrons. The van der Waals surface area contributed by atoms with Crippen molar-refractivity contribution in [2.45, 2.75) is 6.92 Å². The van der Waals surface area contributed by atoms with Crippen molar-refractivity contribution < 1.29 is 9.90 Å².